The van der Waals surface area contributed by atoms with E-state index in [2.05, 4.69) is 20.5 Å². The van der Waals surface area contributed by atoms with Gasteiger partial charge in [0.1, 0.15) is 5.69 Å². The Morgan fingerprint density at radius 1 is 1.16 bits per heavy atom. The third-order valence-corrected chi connectivity index (χ3v) is 7.75. The monoisotopic (exact) mass is 420 g/mol. The Kier molecular flexibility index (Phi) is 4.30. The van der Waals surface area contributed by atoms with Crippen LogP contribution in [0.25, 0.3) is 0 Å². The maximum atomic E-state index is 12.8. The number of pyridine rings is 1. The molecule has 2 aliphatic carbocycles. The van der Waals surface area contributed by atoms with Gasteiger partial charge in [-0.25, -0.2) is 4.79 Å². The van der Waals surface area contributed by atoms with Crippen LogP contribution in [0, 0.1) is 11.3 Å². The Hall–Kier alpha value is -2.90. The molecule has 8 nitrogen and oxygen atoms in total. The number of urea groups is 1. The first-order valence-corrected chi connectivity index (χ1v) is 11.4. The van der Waals surface area contributed by atoms with Crippen molar-refractivity contribution in [3.05, 3.63) is 47.0 Å². The molecule has 2 aromatic rings. The number of rotatable bonds is 4. The van der Waals surface area contributed by atoms with Crippen LogP contribution in [0.4, 0.5) is 4.79 Å². The number of fused-ring (bicyclic) bond motifs is 1. The predicted octanol–water partition coefficient (Wildman–Crippen LogP) is 2.65. The lowest BCUT2D eigenvalue weighted by molar-refractivity contribution is 0.0663. The zero-order valence-electron chi connectivity index (χ0n) is 17.6. The van der Waals surface area contributed by atoms with E-state index in [-0.39, 0.29) is 11.9 Å². The van der Waals surface area contributed by atoms with Gasteiger partial charge in [-0.2, -0.15) is 5.10 Å². The van der Waals surface area contributed by atoms with Crippen molar-refractivity contribution in [1.82, 2.24) is 30.3 Å². The molecule has 31 heavy (non-hydrogen) atoms. The van der Waals surface area contributed by atoms with Crippen LogP contribution in [0.15, 0.2) is 24.5 Å². The van der Waals surface area contributed by atoms with Gasteiger partial charge in [-0.15, -0.1) is 0 Å². The fraction of sp³-hybridized carbons (Fsp3) is 0.565. The molecule has 2 aromatic heterocycles. The zero-order chi connectivity index (χ0) is 21.0. The molecule has 2 aliphatic heterocycles. The Bertz CT molecular complexity index is 996. The Labute approximate surface area is 181 Å². The number of hydrogen-bond donors (Lipinski definition) is 2. The summed E-state index contributed by atoms with van der Waals surface area (Å²) in [6, 6.07) is 3.94. The number of nitrogens with zero attached hydrogens (tertiary/aromatic N) is 4. The van der Waals surface area contributed by atoms with E-state index >= 15 is 0 Å². The van der Waals surface area contributed by atoms with Crippen molar-refractivity contribution in [2.45, 2.75) is 51.1 Å². The highest BCUT2D eigenvalue weighted by Gasteiger charge is 2.55. The van der Waals surface area contributed by atoms with Crippen molar-refractivity contribution in [1.29, 1.82) is 0 Å². The highest BCUT2D eigenvalue weighted by molar-refractivity contribution is 5.92. The summed E-state index contributed by atoms with van der Waals surface area (Å²) in [5.41, 5.74) is 4.28. The topological polar surface area (TPSA) is 94.2 Å². The third kappa shape index (κ3) is 3.47. The summed E-state index contributed by atoms with van der Waals surface area (Å²) in [6.45, 7) is 3.58. The van der Waals surface area contributed by atoms with Crippen molar-refractivity contribution in [2.75, 3.05) is 19.6 Å². The average Bonchev–Trinajstić information content (AvgIpc) is 3.64. The van der Waals surface area contributed by atoms with Gasteiger partial charge in [-0.3, -0.25) is 14.9 Å². The van der Waals surface area contributed by atoms with Gasteiger partial charge < -0.3 is 15.1 Å². The first kappa shape index (κ1) is 18.8. The van der Waals surface area contributed by atoms with Crippen molar-refractivity contribution in [2.24, 2.45) is 11.3 Å². The van der Waals surface area contributed by atoms with Gasteiger partial charge in [0.05, 0.1) is 0 Å². The average molecular weight is 421 g/mol. The SMILES string of the molecule is O=C(NCC1CC12CCN(C(=O)c1cc(C3CC3)[nH]n1)CC2)N1Cc2ccncc2C1. The number of carbonyl (C=O) groups excluding carboxylic acids is 2. The van der Waals surface area contributed by atoms with Crippen LogP contribution >= 0.6 is 0 Å². The van der Waals surface area contributed by atoms with E-state index < -0.39 is 0 Å². The summed E-state index contributed by atoms with van der Waals surface area (Å²) < 4.78 is 0. The first-order chi connectivity index (χ1) is 15.1. The summed E-state index contributed by atoms with van der Waals surface area (Å²) in [6.07, 6.45) is 9.20. The molecule has 3 fully saturated rings. The van der Waals surface area contributed by atoms with E-state index in [0.717, 1.165) is 50.2 Å². The molecule has 0 radical (unpaired) electrons. The zero-order valence-corrected chi connectivity index (χ0v) is 17.6. The molecule has 4 aliphatic rings. The minimum absolute atomic E-state index is 0.0101. The number of H-pyrrole nitrogens is 1. The lowest BCUT2D eigenvalue weighted by Crippen LogP contribution is -2.41. The smallest absolute Gasteiger partial charge is 0.318 e. The van der Waals surface area contributed by atoms with Crippen molar-refractivity contribution < 1.29 is 9.59 Å². The van der Waals surface area contributed by atoms with Crippen LogP contribution in [-0.2, 0) is 13.1 Å². The second kappa shape index (κ2) is 7.07. The largest absolute Gasteiger partial charge is 0.338 e. The quantitative estimate of drug-likeness (QED) is 0.795. The van der Waals surface area contributed by atoms with E-state index in [0.29, 0.717) is 36.0 Å². The van der Waals surface area contributed by atoms with Gasteiger partial charge in [0.25, 0.3) is 5.91 Å². The second-order valence-electron chi connectivity index (χ2n) is 9.72. The van der Waals surface area contributed by atoms with Gasteiger partial charge in [0.15, 0.2) is 0 Å². The molecule has 1 saturated heterocycles. The number of likely N-dealkylation sites (tertiary alicyclic amines) is 1. The summed E-state index contributed by atoms with van der Waals surface area (Å²) in [4.78, 5) is 33.3. The lowest BCUT2D eigenvalue weighted by atomic mass is 9.90. The van der Waals surface area contributed by atoms with E-state index in [1.54, 1.807) is 6.20 Å². The van der Waals surface area contributed by atoms with Gasteiger partial charge in [0.2, 0.25) is 0 Å². The van der Waals surface area contributed by atoms with Crippen molar-refractivity contribution >= 4 is 11.9 Å². The lowest BCUT2D eigenvalue weighted by Gasteiger charge is -2.32. The number of piperidine rings is 1. The second-order valence-corrected chi connectivity index (χ2v) is 9.72. The molecule has 0 bridgehead atoms. The molecule has 6 rings (SSSR count). The molecule has 8 heteroatoms. The van der Waals surface area contributed by atoms with Crippen molar-refractivity contribution in [3.63, 3.8) is 0 Å². The van der Waals surface area contributed by atoms with E-state index in [1.807, 2.05) is 28.1 Å². The fourth-order valence-corrected chi connectivity index (χ4v) is 5.39. The maximum absolute atomic E-state index is 12.8. The minimum atomic E-state index is 0.0101. The summed E-state index contributed by atoms with van der Waals surface area (Å²) in [5, 5.41) is 10.4. The number of carbonyl (C=O) groups is 2. The number of hydrogen-bond acceptors (Lipinski definition) is 4. The Balaban J connectivity index is 0.976. The molecule has 2 N–H and O–H groups in total. The predicted molar refractivity (Wildman–Crippen MR) is 113 cm³/mol. The molecule has 0 aromatic carbocycles. The molecule has 2 saturated carbocycles. The molecule has 1 spiro atoms. The number of amides is 3. The summed E-state index contributed by atoms with van der Waals surface area (Å²) >= 11 is 0. The Morgan fingerprint density at radius 3 is 2.74 bits per heavy atom. The van der Waals surface area contributed by atoms with Gasteiger partial charge in [-0.05, 0) is 66.7 Å². The van der Waals surface area contributed by atoms with E-state index in [1.165, 1.54) is 18.4 Å². The van der Waals surface area contributed by atoms with E-state index in [9.17, 15) is 9.59 Å². The Morgan fingerprint density at radius 2 is 1.97 bits per heavy atom. The van der Waals surface area contributed by atoms with Crippen LogP contribution in [0.3, 0.4) is 0 Å². The fourth-order valence-electron chi connectivity index (χ4n) is 5.39. The maximum Gasteiger partial charge on any atom is 0.318 e. The highest BCUT2D eigenvalue weighted by atomic mass is 16.2. The standard InChI is InChI=1S/C23H28N6O2/c30-21(20-9-19(26-27-20)15-1-2-15)28-7-4-23(5-8-28)10-18(23)12-25-22(31)29-13-16-3-6-24-11-17(16)14-29/h3,6,9,11,15,18H,1-2,4-5,7-8,10,12-14H2,(H,25,31)(H,26,27). The molecule has 1 atom stereocenters. The van der Waals surface area contributed by atoms with Crippen LogP contribution in [0.5, 0.6) is 0 Å². The van der Waals surface area contributed by atoms with Gasteiger partial charge in [0, 0.05) is 56.7 Å². The highest BCUT2D eigenvalue weighted by Crippen LogP contribution is 2.59. The van der Waals surface area contributed by atoms with Crippen molar-refractivity contribution in [3.8, 4) is 0 Å². The van der Waals surface area contributed by atoms with Crippen LogP contribution in [-0.4, -0.2) is 56.6 Å². The molecule has 162 valence electrons. The molecule has 3 amide bonds. The molecular formula is C23H28N6O2. The number of nitrogens with one attached hydrogen (secondary N) is 2. The van der Waals surface area contributed by atoms with E-state index in [4.69, 9.17) is 0 Å². The molecular weight excluding hydrogens is 392 g/mol. The number of aromatic nitrogens is 3. The minimum Gasteiger partial charge on any atom is -0.338 e. The number of aromatic amines is 1. The molecule has 4 heterocycles. The van der Waals surface area contributed by atoms with Crippen LogP contribution in [0.2, 0.25) is 0 Å². The summed E-state index contributed by atoms with van der Waals surface area (Å²) in [5.74, 6) is 1.14. The van der Waals surface area contributed by atoms with Crippen LogP contribution in [0.1, 0.15) is 65.3 Å². The first-order valence-electron chi connectivity index (χ1n) is 11.4. The molecule has 1 unspecified atom stereocenters. The normalized spacial score (nSPS) is 23.7. The summed E-state index contributed by atoms with van der Waals surface area (Å²) in [7, 11) is 0. The van der Waals surface area contributed by atoms with Crippen LogP contribution < -0.4 is 5.32 Å². The van der Waals surface area contributed by atoms with Gasteiger partial charge >= 0.3 is 6.03 Å². The third-order valence-electron chi connectivity index (χ3n) is 7.75. The van der Waals surface area contributed by atoms with Gasteiger partial charge in [-0.1, -0.05) is 0 Å².